The van der Waals surface area contributed by atoms with Crippen LogP contribution in [0, 0.1) is 5.92 Å². The summed E-state index contributed by atoms with van der Waals surface area (Å²) in [4.78, 5) is 30.7. The molecule has 3 aromatic heterocycles. The Labute approximate surface area is 228 Å². The van der Waals surface area contributed by atoms with Crippen LogP contribution in [0.5, 0.6) is 0 Å². The average molecular weight is 557 g/mol. The highest BCUT2D eigenvalue weighted by molar-refractivity contribution is 5.88. The number of alkyl halides is 3. The van der Waals surface area contributed by atoms with Crippen LogP contribution >= 0.6 is 0 Å². The van der Waals surface area contributed by atoms with Crippen LogP contribution in [0.2, 0.25) is 0 Å². The second-order valence-corrected chi connectivity index (χ2v) is 11.4. The van der Waals surface area contributed by atoms with Crippen LogP contribution in [0.4, 0.5) is 24.9 Å². The monoisotopic (exact) mass is 556 g/mol. The fourth-order valence-electron chi connectivity index (χ4n) is 5.65. The number of benzene rings is 1. The first-order valence-electron chi connectivity index (χ1n) is 13.5. The van der Waals surface area contributed by atoms with Crippen LogP contribution in [-0.4, -0.2) is 47.8 Å². The summed E-state index contributed by atoms with van der Waals surface area (Å²) in [5, 5.41) is 7.32. The van der Waals surface area contributed by atoms with Gasteiger partial charge in [0.15, 0.2) is 11.5 Å². The minimum Gasteiger partial charge on any atom is -0.365 e. The summed E-state index contributed by atoms with van der Waals surface area (Å²) in [7, 11) is 0. The lowest BCUT2D eigenvalue weighted by molar-refractivity contribution is -0.137. The van der Waals surface area contributed by atoms with E-state index in [0.717, 1.165) is 44.4 Å². The fraction of sp³-hybridized carbons (Fsp3) is 0.519. The van der Waals surface area contributed by atoms with Crippen molar-refractivity contribution in [1.82, 2.24) is 29.7 Å². The lowest BCUT2D eigenvalue weighted by atomic mass is 9.80. The highest BCUT2D eigenvalue weighted by atomic mass is 19.4. The third kappa shape index (κ3) is 4.81. The number of hydrogen-bond donors (Lipinski definition) is 2. The van der Waals surface area contributed by atoms with Crippen molar-refractivity contribution in [3.8, 4) is 11.6 Å². The minimum absolute atomic E-state index is 0.0894. The molecule has 1 aliphatic carbocycles. The maximum Gasteiger partial charge on any atom is 0.439 e. The maximum atomic E-state index is 13.2. The lowest BCUT2D eigenvalue weighted by Crippen LogP contribution is -2.40. The zero-order valence-electron chi connectivity index (χ0n) is 22.5. The normalized spacial score (nSPS) is 18.3. The van der Waals surface area contributed by atoms with Gasteiger partial charge < -0.3 is 14.8 Å². The van der Waals surface area contributed by atoms with Crippen LogP contribution in [0.15, 0.2) is 33.6 Å². The fourth-order valence-corrected chi connectivity index (χ4v) is 5.65. The second-order valence-electron chi connectivity index (χ2n) is 11.4. The Morgan fingerprint density at radius 2 is 1.90 bits per heavy atom. The van der Waals surface area contributed by atoms with E-state index in [4.69, 9.17) is 14.5 Å². The van der Waals surface area contributed by atoms with E-state index in [9.17, 15) is 18.0 Å². The summed E-state index contributed by atoms with van der Waals surface area (Å²) in [6, 6.07) is 5.29. The summed E-state index contributed by atoms with van der Waals surface area (Å²) in [6.07, 6.45) is 0.954. The first-order valence-corrected chi connectivity index (χ1v) is 13.5. The van der Waals surface area contributed by atoms with E-state index < -0.39 is 17.5 Å². The third-order valence-electron chi connectivity index (χ3n) is 8.22. The van der Waals surface area contributed by atoms with Gasteiger partial charge in [0.25, 0.3) is 0 Å². The molecule has 4 heterocycles. The summed E-state index contributed by atoms with van der Waals surface area (Å²) in [6.45, 7) is 7.46. The number of hydrogen-bond acceptors (Lipinski definition) is 8. The molecule has 1 saturated carbocycles. The molecule has 2 N–H and O–H groups in total. The summed E-state index contributed by atoms with van der Waals surface area (Å²) < 4.78 is 46.4. The van der Waals surface area contributed by atoms with Crippen molar-refractivity contribution in [3.63, 3.8) is 0 Å². The maximum absolute atomic E-state index is 13.2. The van der Waals surface area contributed by atoms with Gasteiger partial charge >= 0.3 is 11.9 Å². The lowest BCUT2D eigenvalue weighted by Gasteiger charge is -2.33. The number of rotatable bonds is 7. The number of imidazole rings is 1. The Kier molecular flexibility index (Phi) is 6.34. The van der Waals surface area contributed by atoms with Gasteiger partial charge in [-0.15, -0.1) is 0 Å². The number of aromatic nitrogens is 6. The van der Waals surface area contributed by atoms with E-state index in [0.29, 0.717) is 34.4 Å². The standard InChI is InChI=1S/C27H31F3N8O2/c1-15(17-6-4-7-17)31-20-19-21(33-22(32-20)23-35-25(39)40-36-23)34-24(38-13-5-12-26(38,2)3)37(19)14-16-8-10-18(11-9-16)27(28,29)30/h8-11,15,17H,4-7,12-14H2,1-3H3,(H,31,32,33)(H,35,36,39)/t15-/m1/s1. The smallest absolute Gasteiger partial charge is 0.365 e. The van der Waals surface area contributed by atoms with E-state index in [1.54, 1.807) is 0 Å². The number of aromatic amines is 1. The first kappa shape index (κ1) is 26.3. The van der Waals surface area contributed by atoms with Crippen molar-refractivity contribution >= 4 is 22.9 Å². The quantitative estimate of drug-likeness (QED) is 0.318. The van der Waals surface area contributed by atoms with Crippen LogP contribution in [0.25, 0.3) is 22.8 Å². The first-order chi connectivity index (χ1) is 19.0. The van der Waals surface area contributed by atoms with Crippen molar-refractivity contribution < 1.29 is 17.7 Å². The van der Waals surface area contributed by atoms with Gasteiger partial charge in [0.1, 0.15) is 5.52 Å². The number of halogens is 3. The van der Waals surface area contributed by atoms with Gasteiger partial charge in [-0.2, -0.15) is 18.2 Å². The molecule has 0 radical (unpaired) electrons. The molecule has 1 saturated heterocycles. The predicted molar refractivity (Wildman–Crippen MR) is 143 cm³/mol. The molecule has 0 bridgehead atoms. The molecule has 1 aliphatic heterocycles. The van der Waals surface area contributed by atoms with Crippen LogP contribution in [0.3, 0.4) is 0 Å². The molecule has 1 atom stereocenters. The predicted octanol–water partition coefficient (Wildman–Crippen LogP) is 5.22. The average Bonchev–Trinajstić information content (AvgIpc) is 3.54. The Morgan fingerprint density at radius 1 is 1.15 bits per heavy atom. The molecule has 40 heavy (non-hydrogen) atoms. The highest BCUT2D eigenvalue weighted by Crippen LogP contribution is 2.38. The number of fused-ring (bicyclic) bond motifs is 1. The van der Waals surface area contributed by atoms with E-state index in [-0.39, 0.29) is 29.8 Å². The van der Waals surface area contributed by atoms with Gasteiger partial charge in [0, 0.05) is 18.1 Å². The third-order valence-corrected chi connectivity index (χ3v) is 8.22. The molecule has 10 nitrogen and oxygen atoms in total. The van der Waals surface area contributed by atoms with Crippen LogP contribution in [-0.2, 0) is 12.7 Å². The Bertz CT molecular complexity index is 1580. The summed E-state index contributed by atoms with van der Waals surface area (Å²) in [5.74, 6) is 1.20. The van der Waals surface area contributed by atoms with Gasteiger partial charge in [0.05, 0.1) is 12.1 Å². The molecule has 6 rings (SSSR count). The second kappa shape index (κ2) is 9.63. The van der Waals surface area contributed by atoms with E-state index in [2.05, 4.69) is 46.1 Å². The molecule has 2 aliphatic rings. The van der Waals surface area contributed by atoms with Crippen LogP contribution in [0.1, 0.15) is 64.0 Å². The molecule has 13 heteroatoms. The zero-order chi connectivity index (χ0) is 28.2. The van der Waals surface area contributed by atoms with E-state index in [1.165, 1.54) is 18.6 Å². The van der Waals surface area contributed by atoms with Crippen molar-refractivity contribution in [3.05, 3.63) is 45.9 Å². The van der Waals surface area contributed by atoms with Crippen molar-refractivity contribution in [1.29, 1.82) is 0 Å². The van der Waals surface area contributed by atoms with Crippen molar-refractivity contribution in [2.45, 2.75) is 77.2 Å². The Balaban J connectivity index is 1.52. The van der Waals surface area contributed by atoms with Gasteiger partial charge in [0.2, 0.25) is 17.6 Å². The molecule has 1 aromatic carbocycles. The summed E-state index contributed by atoms with van der Waals surface area (Å²) in [5.41, 5.74) is 0.840. The van der Waals surface area contributed by atoms with E-state index in [1.807, 2.05) is 4.57 Å². The molecule has 0 amide bonds. The van der Waals surface area contributed by atoms with Gasteiger partial charge in [-0.25, -0.2) is 14.8 Å². The SMILES string of the molecule is C[C@@H](Nc1nc(-c2noc(=O)[nH]2)nc2nc(N3CCCC3(C)C)n(Cc3ccc(C(F)(F)F)cc3)c12)C1CCC1. The number of nitrogens with one attached hydrogen (secondary N) is 2. The number of anilines is 2. The molecular formula is C27H31F3N8O2. The largest absolute Gasteiger partial charge is 0.439 e. The molecule has 4 aromatic rings. The van der Waals surface area contributed by atoms with Gasteiger partial charge in [-0.1, -0.05) is 23.7 Å². The molecule has 212 valence electrons. The van der Waals surface area contributed by atoms with Gasteiger partial charge in [-0.3, -0.25) is 9.51 Å². The molecule has 2 fully saturated rings. The molecular weight excluding hydrogens is 525 g/mol. The molecule has 0 unspecified atom stereocenters. The zero-order valence-corrected chi connectivity index (χ0v) is 22.5. The van der Waals surface area contributed by atoms with Crippen LogP contribution < -0.4 is 16.0 Å². The van der Waals surface area contributed by atoms with Gasteiger partial charge in [-0.05, 0) is 70.1 Å². The van der Waals surface area contributed by atoms with Crippen molar-refractivity contribution in [2.24, 2.45) is 5.92 Å². The number of H-pyrrole nitrogens is 1. The topological polar surface area (TPSA) is 118 Å². The van der Waals surface area contributed by atoms with E-state index >= 15 is 0 Å². The molecule has 0 spiro atoms. The minimum atomic E-state index is -4.41. The highest BCUT2D eigenvalue weighted by Gasteiger charge is 2.37. The summed E-state index contributed by atoms with van der Waals surface area (Å²) >= 11 is 0. The Hall–Kier alpha value is -3.90. The Morgan fingerprint density at radius 3 is 2.48 bits per heavy atom. The number of nitrogens with zero attached hydrogens (tertiary/aromatic N) is 6. The van der Waals surface area contributed by atoms with Crippen molar-refractivity contribution in [2.75, 3.05) is 16.8 Å².